The molecule has 7 heteroatoms. The molecule has 0 aliphatic rings. The zero-order chi connectivity index (χ0) is 19.4. The molecule has 6 N–H and O–H groups in total. The smallest absolute Gasteiger partial charge is 0.145 e. The molecule has 0 aromatic heterocycles. The van der Waals surface area contributed by atoms with Crippen LogP contribution in [0.1, 0.15) is 23.6 Å². The minimum Gasteiger partial charge on any atom is -0.457 e. The van der Waals surface area contributed by atoms with Crippen LogP contribution in [0, 0.1) is 0 Å². The molecule has 3 rings (SSSR count). The summed E-state index contributed by atoms with van der Waals surface area (Å²) in [4.78, 5) is 0. The lowest BCUT2D eigenvalue weighted by atomic mass is 10.2. The monoisotopic (exact) mass is 430 g/mol. The number of nitrogens with two attached hydrogens (primary N) is 2. The standard InChI is InChI=1S/C20H19BrN2O4/c21-17-10-9-16(26-14-5-1-12(2-6-14)19(22)24)11-18(17)27-15-7-3-13(4-8-15)20(23)25/h1-11,19-20,24-25H,22-23H2. The Hall–Kier alpha value is -2.42. The molecule has 0 aliphatic carbocycles. The van der Waals surface area contributed by atoms with Gasteiger partial charge >= 0.3 is 0 Å². The van der Waals surface area contributed by atoms with Gasteiger partial charge in [0.25, 0.3) is 0 Å². The maximum atomic E-state index is 9.36. The van der Waals surface area contributed by atoms with E-state index in [1.807, 2.05) is 6.07 Å². The Morgan fingerprint density at radius 2 is 1.11 bits per heavy atom. The Balaban J connectivity index is 1.75. The average Bonchev–Trinajstić information content (AvgIpc) is 2.65. The lowest BCUT2D eigenvalue weighted by Gasteiger charge is -2.12. The maximum absolute atomic E-state index is 9.36. The van der Waals surface area contributed by atoms with Crippen LogP contribution in [-0.4, -0.2) is 10.2 Å². The summed E-state index contributed by atoms with van der Waals surface area (Å²) in [7, 11) is 0. The van der Waals surface area contributed by atoms with Crippen molar-refractivity contribution in [3.8, 4) is 23.0 Å². The van der Waals surface area contributed by atoms with Crippen molar-refractivity contribution in [1.82, 2.24) is 0 Å². The van der Waals surface area contributed by atoms with Crippen LogP contribution in [0.3, 0.4) is 0 Å². The van der Waals surface area contributed by atoms with Crippen LogP contribution in [0.5, 0.6) is 23.0 Å². The molecule has 27 heavy (non-hydrogen) atoms. The van der Waals surface area contributed by atoms with Gasteiger partial charge < -0.3 is 31.2 Å². The topological polar surface area (TPSA) is 111 Å². The van der Waals surface area contributed by atoms with E-state index in [0.29, 0.717) is 34.1 Å². The fourth-order valence-corrected chi connectivity index (χ4v) is 2.68. The molecule has 0 amide bonds. The molecule has 0 fully saturated rings. The third-order valence-corrected chi connectivity index (χ3v) is 4.46. The Morgan fingerprint density at radius 3 is 1.59 bits per heavy atom. The van der Waals surface area contributed by atoms with Gasteiger partial charge in [0.05, 0.1) is 4.47 Å². The van der Waals surface area contributed by atoms with E-state index in [1.54, 1.807) is 60.7 Å². The van der Waals surface area contributed by atoms with Crippen molar-refractivity contribution in [3.05, 3.63) is 82.3 Å². The van der Waals surface area contributed by atoms with E-state index in [1.165, 1.54) is 0 Å². The molecule has 140 valence electrons. The molecule has 0 spiro atoms. The fourth-order valence-electron chi connectivity index (χ4n) is 2.35. The molecule has 0 radical (unpaired) electrons. The van der Waals surface area contributed by atoms with Gasteiger partial charge in [-0.15, -0.1) is 0 Å². The summed E-state index contributed by atoms with van der Waals surface area (Å²) in [6.07, 6.45) is -2.03. The Kier molecular flexibility index (Phi) is 6.10. The van der Waals surface area contributed by atoms with E-state index in [2.05, 4.69) is 15.9 Å². The molecule has 0 bridgehead atoms. The second-order valence-corrected chi connectivity index (χ2v) is 6.68. The molecule has 0 heterocycles. The number of benzene rings is 3. The number of ether oxygens (including phenoxy) is 2. The van der Waals surface area contributed by atoms with Crippen molar-refractivity contribution in [2.45, 2.75) is 12.5 Å². The minimum atomic E-state index is -1.02. The highest BCUT2D eigenvalue weighted by Crippen LogP contribution is 2.35. The first-order chi connectivity index (χ1) is 12.9. The predicted molar refractivity (Wildman–Crippen MR) is 105 cm³/mol. The number of hydrogen-bond donors (Lipinski definition) is 4. The van der Waals surface area contributed by atoms with Crippen molar-refractivity contribution in [3.63, 3.8) is 0 Å². The summed E-state index contributed by atoms with van der Waals surface area (Å²) >= 11 is 3.45. The number of hydrogen-bond acceptors (Lipinski definition) is 6. The van der Waals surface area contributed by atoms with Crippen LogP contribution < -0.4 is 20.9 Å². The predicted octanol–water partition coefficient (Wildman–Crippen LogP) is 3.93. The highest BCUT2D eigenvalue weighted by Gasteiger charge is 2.08. The molecule has 0 aliphatic heterocycles. The number of halogens is 1. The summed E-state index contributed by atoms with van der Waals surface area (Å²) in [5, 5.41) is 18.7. The summed E-state index contributed by atoms with van der Waals surface area (Å²) in [5.74, 6) is 2.36. The van der Waals surface area contributed by atoms with Crippen molar-refractivity contribution >= 4 is 15.9 Å². The van der Waals surface area contributed by atoms with E-state index in [0.717, 1.165) is 4.47 Å². The number of aliphatic hydroxyl groups excluding tert-OH is 2. The largest absolute Gasteiger partial charge is 0.457 e. The van der Waals surface area contributed by atoms with Crippen LogP contribution in [0.2, 0.25) is 0 Å². The van der Waals surface area contributed by atoms with Crippen molar-refractivity contribution < 1.29 is 19.7 Å². The molecule has 3 aromatic rings. The lowest BCUT2D eigenvalue weighted by Crippen LogP contribution is -2.07. The molecule has 2 atom stereocenters. The zero-order valence-electron chi connectivity index (χ0n) is 14.2. The van der Waals surface area contributed by atoms with E-state index in [4.69, 9.17) is 20.9 Å². The summed E-state index contributed by atoms with van der Waals surface area (Å²) in [6.45, 7) is 0. The maximum Gasteiger partial charge on any atom is 0.145 e. The number of rotatable bonds is 6. The summed E-state index contributed by atoms with van der Waals surface area (Å²) < 4.78 is 12.5. The van der Waals surface area contributed by atoms with Gasteiger partial charge in [0.15, 0.2) is 0 Å². The van der Waals surface area contributed by atoms with E-state index in [-0.39, 0.29) is 0 Å². The molecule has 0 saturated carbocycles. The van der Waals surface area contributed by atoms with E-state index < -0.39 is 12.5 Å². The van der Waals surface area contributed by atoms with Gasteiger partial charge in [0, 0.05) is 6.07 Å². The summed E-state index contributed by atoms with van der Waals surface area (Å²) in [6, 6.07) is 19.1. The van der Waals surface area contributed by atoms with Gasteiger partial charge in [-0.05, 0) is 63.5 Å². The van der Waals surface area contributed by atoms with Gasteiger partial charge in [0.2, 0.25) is 0 Å². The van der Waals surface area contributed by atoms with Gasteiger partial charge in [-0.2, -0.15) is 0 Å². The lowest BCUT2D eigenvalue weighted by molar-refractivity contribution is 0.186. The Morgan fingerprint density at radius 1 is 0.667 bits per heavy atom. The fraction of sp³-hybridized carbons (Fsp3) is 0.100. The van der Waals surface area contributed by atoms with Crippen LogP contribution in [0.25, 0.3) is 0 Å². The van der Waals surface area contributed by atoms with Crippen LogP contribution in [-0.2, 0) is 0 Å². The van der Waals surface area contributed by atoms with E-state index >= 15 is 0 Å². The van der Waals surface area contributed by atoms with Crippen molar-refractivity contribution in [2.75, 3.05) is 0 Å². The second kappa shape index (κ2) is 8.51. The quantitative estimate of drug-likeness (QED) is 0.440. The second-order valence-electron chi connectivity index (χ2n) is 5.82. The average molecular weight is 431 g/mol. The number of aliphatic hydroxyl groups is 2. The zero-order valence-corrected chi connectivity index (χ0v) is 15.8. The van der Waals surface area contributed by atoms with Gasteiger partial charge in [-0.25, -0.2) is 0 Å². The van der Waals surface area contributed by atoms with Crippen molar-refractivity contribution in [1.29, 1.82) is 0 Å². The first-order valence-corrected chi connectivity index (χ1v) is 8.94. The van der Waals surface area contributed by atoms with Gasteiger partial charge in [-0.3, -0.25) is 0 Å². The third kappa shape index (κ3) is 5.06. The van der Waals surface area contributed by atoms with Gasteiger partial charge in [-0.1, -0.05) is 24.3 Å². The first-order valence-electron chi connectivity index (χ1n) is 8.15. The van der Waals surface area contributed by atoms with Crippen LogP contribution in [0.15, 0.2) is 71.2 Å². The Labute approximate surface area is 165 Å². The van der Waals surface area contributed by atoms with E-state index in [9.17, 15) is 10.2 Å². The molecule has 6 nitrogen and oxygen atoms in total. The molecule has 2 unspecified atom stereocenters. The molecule has 0 saturated heterocycles. The van der Waals surface area contributed by atoms with Crippen LogP contribution >= 0.6 is 15.9 Å². The van der Waals surface area contributed by atoms with Gasteiger partial charge in [0.1, 0.15) is 35.5 Å². The first kappa shape index (κ1) is 19.3. The third-order valence-electron chi connectivity index (χ3n) is 3.81. The van der Waals surface area contributed by atoms with Crippen LogP contribution in [0.4, 0.5) is 0 Å². The highest BCUT2D eigenvalue weighted by molar-refractivity contribution is 9.10. The SMILES string of the molecule is NC(O)c1ccc(Oc2ccc(Br)c(Oc3ccc(C(N)O)cc3)c2)cc1. The molecule has 3 aromatic carbocycles. The van der Waals surface area contributed by atoms with Crippen molar-refractivity contribution in [2.24, 2.45) is 11.5 Å². The molecular weight excluding hydrogens is 412 g/mol. The Bertz CT molecular complexity index is 897. The summed E-state index contributed by atoms with van der Waals surface area (Å²) in [5.41, 5.74) is 12.1. The highest BCUT2D eigenvalue weighted by atomic mass is 79.9. The normalized spacial score (nSPS) is 13.1. The minimum absolute atomic E-state index is 0.572. The molecular formula is C20H19BrN2O4.